The molecule has 0 aliphatic carbocycles. The lowest BCUT2D eigenvalue weighted by molar-refractivity contribution is -0.148. The zero-order valence-electron chi connectivity index (χ0n) is 21.0. The molecule has 10 nitrogen and oxygen atoms in total. The van der Waals surface area contributed by atoms with Gasteiger partial charge < -0.3 is 29.8 Å². The molecular weight excluding hydrogens is 480 g/mol. The van der Waals surface area contributed by atoms with Gasteiger partial charge in [-0.2, -0.15) is 0 Å². The van der Waals surface area contributed by atoms with Crippen molar-refractivity contribution in [2.75, 3.05) is 7.11 Å². The first kappa shape index (κ1) is 29.1. The van der Waals surface area contributed by atoms with Gasteiger partial charge in [0.15, 0.2) is 0 Å². The van der Waals surface area contributed by atoms with Crippen molar-refractivity contribution in [1.29, 1.82) is 0 Å². The van der Waals surface area contributed by atoms with Crippen molar-refractivity contribution in [2.24, 2.45) is 5.16 Å². The largest absolute Gasteiger partial charge is 0.507 e. The second kappa shape index (κ2) is 15.0. The molecule has 3 N–H and O–H groups in total. The summed E-state index contributed by atoms with van der Waals surface area (Å²) in [6.07, 6.45) is 9.26. The molecule has 0 unspecified atom stereocenters. The van der Waals surface area contributed by atoms with E-state index < -0.39 is 36.2 Å². The van der Waals surface area contributed by atoms with Gasteiger partial charge in [0.25, 0.3) is 0 Å². The molecule has 3 atom stereocenters. The number of nitrogens with one attached hydrogen (secondary N) is 1. The van der Waals surface area contributed by atoms with E-state index in [1.807, 2.05) is 0 Å². The highest BCUT2D eigenvalue weighted by Crippen LogP contribution is 2.25. The Hall–Kier alpha value is -4.18. The fourth-order valence-corrected chi connectivity index (χ4v) is 3.30. The normalized spacial score (nSPS) is 23.0. The number of hydrogen-bond donors (Lipinski definition) is 3. The lowest BCUT2D eigenvalue weighted by Gasteiger charge is -2.18. The van der Waals surface area contributed by atoms with Crippen LogP contribution in [0.5, 0.6) is 5.75 Å². The Morgan fingerprint density at radius 1 is 1.27 bits per heavy atom. The first-order valence-corrected chi connectivity index (χ1v) is 11.6. The third-order valence-electron chi connectivity index (χ3n) is 5.24. The molecule has 1 aliphatic heterocycles. The highest BCUT2D eigenvalue weighted by atomic mass is 16.6. The maximum Gasteiger partial charge on any atom is 0.342 e. The number of aromatic hydroxyl groups is 1. The zero-order chi connectivity index (χ0) is 27.2. The summed E-state index contributed by atoms with van der Waals surface area (Å²) in [4.78, 5) is 41.9. The van der Waals surface area contributed by atoms with Crippen LogP contribution < -0.4 is 5.32 Å². The number of rotatable bonds is 6. The monoisotopic (exact) mass is 512 g/mol. The number of allylic oxidation sites excluding steroid dienone is 2. The topological polar surface area (TPSA) is 144 Å². The van der Waals surface area contributed by atoms with Gasteiger partial charge in [0.2, 0.25) is 5.91 Å². The predicted octanol–water partition coefficient (Wildman–Crippen LogP) is 2.87. The Morgan fingerprint density at radius 2 is 2.05 bits per heavy atom. The van der Waals surface area contributed by atoms with Crippen molar-refractivity contribution in [3.05, 3.63) is 77.6 Å². The Kier molecular flexibility index (Phi) is 11.8. The van der Waals surface area contributed by atoms with Crippen molar-refractivity contribution in [3.63, 3.8) is 0 Å². The van der Waals surface area contributed by atoms with Gasteiger partial charge in [-0.25, -0.2) is 4.79 Å². The lowest BCUT2D eigenvalue weighted by atomic mass is 10.0. The summed E-state index contributed by atoms with van der Waals surface area (Å²) < 4.78 is 10.9. The third-order valence-corrected chi connectivity index (χ3v) is 5.24. The number of carbonyl (C=O) groups is 3. The van der Waals surface area contributed by atoms with Crippen molar-refractivity contribution < 1.29 is 38.9 Å². The number of phenols is 1. The predicted molar refractivity (Wildman–Crippen MR) is 137 cm³/mol. The summed E-state index contributed by atoms with van der Waals surface area (Å²) in [6.45, 7) is 3.38. The number of carbonyl (C=O) groups excluding carboxylic acids is 3. The molecule has 0 saturated heterocycles. The number of amides is 1. The second-order valence-electron chi connectivity index (χ2n) is 8.16. The van der Waals surface area contributed by atoms with Crippen LogP contribution in [0.15, 0.2) is 71.6 Å². The molecule has 1 aromatic rings. The molecule has 0 spiro atoms. The number of cyclic esters (lactones) is 2. The van der Waals surface area contributed by atoms with Crippen LogP contribution in [0.25, 0.3) is 0 Å². The van der Waals surface area contributed by atoms with Gasteiger partial charge >= 0.3 is 11.9 Å². The van der Waals surface area contributed by atoms with Gasteiger partial charge in [-0.3, -0.25) is 9.59 Å². The third kappa shape index (κ3) is 10.1. The van der Waals surface area contributed by atoms with E-state index in [0.717, 1.165) is 0 Å². The first-order chi connectivity index (χ1) is 17.7. The van der Waals surface area contributed by atoms with E-state index in [0.29, 0.717) is 11.1 Å². The number of aliphatic hydroxyl groups is 1. The van der Waals surface area contributed by atoms with Gasteiger partial charge in [-0.05, 0) is 49.6 Å². The Bertz CT molecular complexity index is 1100. The number of benzene rings is 1. The van der Waals surface area contributed by atoms with E-state index in [2.05, 4.69) is 15.3 Å². The summed E-state index contributed by atoms with van der Waals surface area (Å²) in [7, 11) is 1.38. The highest BCUT2D eigenvalue weighted by molar-refractivity contribution is 5.94. The summed E-state index contributed by atoms with van der Waals surface area (Å²) in [6, 6.07) is 4.65. The van der Waals surface area contributed by atoms with Crippen molar-refractivity contribution in [1.82, 2.24) is 5.32 Å². The van der Waals surface area contributed by atoms with Crippen molar-refractivity contribution >= 4 is 24.1 Å². The minimum atomic E-state index is -0.936. The number of phenolic OH excluding ortho intramolecular Hbond substituents is 1. The Balaban J connectivity index is 2.25. The highest BCUT2D eigenvalue weighted by Gasteiger charge is 2.24. The number of aliphatic hydroxyl groups excluding tert-OH is 1. The molecule has 1 heterocycles. The average molecular weight is 513 g/mol. The minimum Gasteiger partial charge on any atom is -0.507 e. The fourth-order valence-electron chi connectivity index (χ4n) is 3.30. The molecule has 2 rings (SSSR count). The summed E-state index contributed by atoms with van der Waals surface area (Å²) >= 11 is 0. The van der Waals surface area contributed by atoms with Crippen LogP contribution in [-0.2, 0) is 30.3 Å². The second-order valence-corrected chi connectivity index (χ2v) is 8.16. The number of oxime groups is 1. The van der Waals surface area contributed by atoms with Crippen LogP contribution in [0.3, 0.4) is 0 Å². The quantitative estimate of drug-likeness (QED) is 0.174. The molecule has 0 radical (unpaired) electrons. The standard InChI is InChI=1S/C27H32N2O8/c1-18-11-13-20-7-4-9-23(31)26(20)27(34)37-21(17-25(33)36-19(2)12-14-22(18)30)8-5-15-28-24(32)10-6-16-29-35-3/h4-7,9-12,14-16,19,21-22,30-31H,8,13,17H2,1-3H3,(H,28,32)/b10-6+,14-12?,15-5+,18-11-,29-16+/t19-,21-,22+/m0/s1. The number of esters is 2. The molecule has 0 fully saturated rings. The van der Waals surface area contributed by atoms with Crippen molar-refractivity contribution in [3.8, 4) is 5.75 Å². The van der Waals surface area contributed by atoms with Gasteiger partial charge in [0.05, 0.1) is 18.7 Å². The van der Waals surface area contributed by atoms with Crippen LogP contribution in [-0.4, -0.2) is 59.7 Å². The fraction of sp³-hybridized carbons (Fsp3) is 0.333. The molecule has 1 aromatic carbocycles. The van der Waals surface area contributed by atoms with E-state index in [4.69, 9.17) is 9.47 Å². The van der Waals surface area contributed by atoms with E-state index >= 15 is 0 Å². The Labute approximate surface area is 215 Å². The minimum absolute atomic E-state index is 0.0293. The summed E-state index contributed by atoms with van der Waals surface area (Å²) in [5, 5.41) is 26.7. The lowest BCUT2D eigenvalue weighted by Crippen LogP contribution is -2.25. The van der Waals surface area contributed by atoms with E-state index in [1.165, 1.54) is 49.9 Å². The van der Waals surface area contributed by atoms with Crippen molar-refractivity contribution in [2.45, 2.75) is 51.4 Å². The molecule has 0 saturated carbocycles. The van der Waals surface area contributed by atoms with E-state index in [1.54, 1.807) is 38.1 Å². The number of nitrogens with zero attached hydrogens (tertiary/aromatic N) is 1. The van der Waals surface area contributed by atoms with Gasteiger partial charge in [0.1, 0.15) is 30.6 Å². The number of ether oxygens (including phenoxy) is 2. The summed E-state index contributed by atoms with van der Waals surface area (Å²) in [5.41, 5.74) is 1.09. The van der Waals surface area contributed by atoms with Crippen LogP contribution in [0.4, 0.5) is 0 Å². The average Bonchev–Trinajstić information content (AvgIpc) is 2.85. The molecule has 0 bridgehead atoms. The van der Waals surface area contributed by atoms with E-state index in [-0.39, 0.29) is 30.6 Å². The molecule has 10 heteroatoms. The maximum atomic E-state index is 13.1. The zero-order valence-corrected chi connectivity index (χ0v) is 21.0. The smallest absolute Gasteiger partial charge is 0.342 e. The molecule has 1 amide bonds. The van der Waals surface area contributed by atoms with Gasteiger partial charge in [-0.15, -0.1) is 0 Å². The van der Waals surface area contributed by atoms with Gasteiger partial charge in [0, 0.05) is 18.7 Å². The molecular formula is C27H32N2O8. The van der Waals surface area contributed by atoms with Crippen LogP contribution in [0, 0.1) is 0 Å². The molecule has 37 heavy (non-hydrogen) atoms. The van der Waals surface area contributed by atoms with E-state index in [9.17, 15) is 24.6 Å². The first-order valence-electron chi connectivity index (χ1n) is 11.6. The summed E-state index contributed by atoms with van der Waals surface area (Å²) in [5.74, 6) is -2.12. The molecule has 1 aliphatic rings. The van der Waals surface area contributed by atoms with Crippen LogP contribution in [0.1, 0.15) is 42.6 Å². The SMILES string of the molecule is CO/N=C/C=C/C(=O)N/C=C/C[C@H]1CC(=O)O[C@@H](C)C=C[C@@H](O)/C(C)=C\Cc2cccc(O)c2C(=O)O1. The van der Waals surface area contributed by atoms with Gasteiger partial charge in [-0.1, -0.05) is 35.5 Å². The Morgan fingerprint density at radius 3 is 2.81 bits per heavy atom. The van der Waals surface area contributed by atoms with Crippen LogP contribution >= 0.6 is 0 Å². The number of hydrogen-bond acceptors (Lipinski definition) is 9. The molecule has 0 aromatic heterocycles. The molecule has 198 valence electrons. The van der Waals surface area contributed by atoms with Crippen LogP contribution in [0.2, 0.25) is 0 Å². The number of fused-ring (bicyclic) bond motifs is 1. The maximum absolute atomic E-state index is 13.1.